The Balaban J connectivity index is 2.14. The highest BCUT2D eigenvalue weighted by atomic mass is 32.1. The van der Waals surface area contributed by atoms with E-state index in [1.54, 1.807) is 0 Å². The first-order valence-corrected chi connectivity index (χ1v) is 6.57. The Kier molecular flexibility index (Phi) is 3.71. The van der Waals surface area contributed by atoms with Crippen molar-refractivity contribution < 1.29 is 4.79 Å². The van der Waals surface area contributed by atoms with Gasteiger partial charge in [-0.2, -0.15) is 5.10 Å². The normalized spacial score (nSPS) is 10.9. The number of nitrogens with zero attached hydrogens (tertiary/aromatic N) is 3. The standard InChI is InChI=1S/C11H15N5OS/c1-4-7-5-8(14-13-7)12-11(17)10-9(6(2)3)15-16-18-10/h5-6H,4H2,1-3H3,(H2,12,13,14,17). The molecule has 0 aromatic carbocycles. The van der Waals surface area contributed by atoms with Crippen molar-refractivity contribution in [1.29, 1.82) is 0 Å². The number of H-pyrrole nitrogens is 1. The molecular formula is C11H15N5OS. The Hall–Kier alpha value is -1.76. The van der Waals surface area contributed by atoms with Crippen LogP contribution in [0.4, 0.5) is 5.82 Å². The molecule has 6 nitrogen and oxygen atoms in total. The molecule has 0 aliphatic carbocycles. The highest BCUT2D eigenvalue weighted by Crippen LogP contribution is 2.20. The monoisotopic (exact) mass is 265 g/mol. The lowest BCUT2D eigenvalue weighted by Crippen LogP contribution is -2.13. The fraction of sp³-hybridized carbons (Fsp3) is 0.455. The average Bonchev–Trinajstić information content (AvgIpc) is 2.96. The van der Waals surface area contributed by atoms with Gasteiger partial charge in [-0.1, -0.05) is 25.3 Å². The highest BCUT2D eigenvalue weighted by Gasteiger charge is 2.19. The molecule has 0 saturated heterocycles. The van der Waals surface area contributed by atoms with Crippen molar-refractivity contribution in [1.82, 2.24) is 19.8 Å². The van der Waals surface area contributed by atoms with Gasteiger partial charge in [-0.25, -0.2) is 0 Å². The number of aryl methyl sites for hydroxylation is 1. The largest absolute Gasteiger partial charge is 0.304 e. The van der Waals surface area contributed by atoms with E-state index < -0.39 is 0 Å². The number of carbonyl (C=O) groups is 1. The van der Waals surface area contributed by atoms with Crippen molar-refractivity contribution in [3.63, 3.8) is 0 Å². The fourth-order valence-corrected chi connectivity index (χ4v) is 2.23. The predicted octanol–water partition coefficient (Wildman–Crippen LogP) is 2.20. The van der Waals surface area contributed by atoms with E-state index in [4.69, 9.17) is 0 Å². The van der Waals surface area contributed by atoms with Gasteiger partial charge in [-0.15, -0.1) is 5.10 Å². The SMILES string of the molecule is CCc1cc(NC(=O)c2snnc2C(C)C)n[nH]1. The van der Waals surface area contributed by atoms with Crippen LogP contribution in [0.3, 0.4) is 0 Å². The minimum absolute atomic E-state index is 0.176. The van der Waals surface area contributed by atoms with Crippen molar-refractivity contribution in [2.75, 3.05) is 5.32 Å². The molecule has 0 spiro atoms. The second-order valence-electron chi connectivity index (χ2n) is 4.23. The lowest BCUT2D eigenvalue weighted by Gasteiger charge is -2.03. The number of carbonyl (C=O) groups excluding carboxylic acids is 1. The Morgan fingerprint density at radius 1 is 1.56 bits per heavy atom. The summed E-state index contributed by atoms with van der Waals surface area (Å²) in [4.78, 5) is 12.6. The molecule has 0 atom stereocenters. The maximum Gasteiger partial charge on any atom is 0.270 e. The zero-order valence-electron chi connectivity index (χ0n) is 10.5. The minimum atomic E-state index is -0.206. The second-order valence-corrected chi connectivity index (χ2v) is 4.98. The molecule has 0 radical (unpaired) electrons. The quantitative estimate of drug-likeness (QED) is 0.887. The van der Waals surface area contributed by atoms with Crippen LogP contribution in [0.15, 0.2) is 6.07 Å². The third-order valence-electron chi connectivity index (χ3n) is 2.52. The lowest BCUT2D eigenvalue weighted by molar-refractivity contribution is 0.102. The summed E-state index contributed by atoms with van der Waals surface area (Å²) in [5.74, 6) is 0.498. The summed E-state index contributed by atoms with van der Waals surface area (Å²) >= 11 is 1.11. The van der Waals surface area contributed by atoms with E-state index in [0.29, 0.717) is 10.7 Å². The van der Waals surface area contributed by atoms with Crippen LogP contribution in [0.1, 0.15) is 47.7 Å². The zero-order chi connectivity index (χ0) is 13.1. The van der Waals surface area contributed by atoms with Crippen LogP contribution in [0.5, 0.6) is 0 Å². The lowest BCUT2D eigenvalue weighted by atomic mass is 10.1. The third-order valence-corrected chi connectivity index (χ3v) is 3.26. The predicted molar refractivity (Wildman–Crippen MR) is 69.9 cm³/mol. The van der Waals surface area contributed by atoms with Crippen molar-refractivity contribution in [2.45, 2.75) is 33.1 Å². The molecule has 0 unspecified atom stereocenters. The van der Waals surface area contributed by atoms with E-state index in [1.807, 2.05) is 26.8 Å². The summed E-state index contributed by atoms with van der Waals surface area (Å²) in [6, 6.07) is 1.82. The van der Waals surface area contributed by atoms with Gasteiger partial charge in [0.15, 0.2) is 5.82 Å². The van der Waals surface area contributed by atoms with Crippen LogP contribution in [0, 0.1) is 0 Å². The first kappa shape index (κ1) is 12.7. The molecular weight excluding hydrogens is 250 g/mol. The first-order valence-electron chi connectivity index (χ1n) is 5.79. The number of aromatic amines is 1. The topological polar surface area (TPSA) is 83.6 Å². The minimum Gasteiger partial charge on any atom is -0.304 e. The van der Waals surface area contributed by atoms with Crippen LogP contribution in [0.2, 0.25) is 0 Å². The number of hydrogen-bond donors (Lipinski definition) is 2. The van der Waals surface area contributed by atoms with Crippen LogP contribution in [-0.2, 0) is 6.42 Å². The molecule has 7 heteroatoms. The maximum atomic E-state index is 12.1. The number of nitrogens with one attached hydrogen (secondary N) is 2. The van der Waals surface area contributed by atoms with E-state index >= 15 is 0 Å². The van der Waals surface area contributed by atoms with Crippen molar-refractivity contribution >= 4 is 23.3 Å². The van der Waals surface area contributed by atoms with Gasteiger partial charge in [0.05, 0.1) is 5.69 Å². The fourth-order valence-electron chi connectivity index (χ4n) is 1.51. The van der Waals surface area contributed by atoms with Gasteiger partial charge in [-0.3, -0.25) is 9.89 Å². The van der Waals surface area contributed by atoms with Crippen LogP contribution in [0.25, 0.3) is 0 Å². The first-order chi connectivity index (χ1) is 8.61. The number of amides is 1. The van der Waals surface area contributed by atoms with E-state index in [9.17, 15) is 4.79 Å². The number of anilines is 1. The van der Waals surface area contributed by atoms with Crippen molar-refractivity contribution in [3.05, 3.63) is 22.3 Å². The molecule has 2 aromatic heterocycles. The summed E-state index contributed by atoms with van der Waals surface area (Å²) in [5.41, 5.74) is 1.71. The summed E-state index contributed by atoms with van der Waals surface area (Å²) in [6.45, 7) is 5.98. The number of hydrogen-bond acceptors (Lipinski definition) is 5. The van der Waals surface area contributed by atoms with E-state index in [2.05, 4.69) is 25.1 Å². The summed E-state index contributed by atoms with van der Waals surface area (Å²) in [7, 11) is 0. The van der Waals surface area contributed by atoms with Crippen molar-refractivity contribution in [3.8, 4) is 0 Å². The molecule has 0 aliphatic heterocycles. The maximum absolute atomic E-state index is 12.1. The average molecular weight is 265 g/mol. The van der Waals surface area contributed by atoms with E-state index in [0.717, 1.165) is 29.3 Å². The molecule has 96 valence electrons. The van der Waals surface area contributed by atoms with E-state index in [1.165, 1.54) is 0 Å². The van der Waals surface area contributed by atoms with E-state index in [-0.39, 0.29) is 11.8 Å². The highest BCUT2D eigenvalue weighted by molar-refractivity contribution is 7.08. The second kappa shape index (κ2) is 5.26. The van der Waals surface area contributed by atoms with Crippen molar-refractivity contribution in [2.24, 2.45) is 0 Å². The van der Waals surface area contributed by atoms with Gasteiger partial charge in [0.2, 0.25) is 0 Å². The molecule has 2 N–H and O–H groups in total. The summed E-state index contributed by atoms with van der Waals surface area (Å²) < 4.78 is 3.83. The molecule has 2 heterocycles. The molecule has 0 fully saturated rings. The Bertz CT molecular complexity index is 545. The Morgan fingerprint density at radius 3 is 2.94 bits per heavy atom. The van der Waals surface area contributed by atoms with Gasteiger partial charge in [0, 0.05) is 11.8 Å². The summed E-state index contributed by atoms with van der Waals surface area (Å²) in [5, 5.41) is 13.6. The number of rotatable bonds is 4. The zero-order valence-corrected chi connectivity index (χ0v) is 11.3. The van der Waals surface area contributed by atoms with Crippen LogP contribution in [-0.4, -0.2) is 25.7 Å². The van der Waals surface area contributed by atoms with Gasteiger partial charge >= 0.3 is 0 Å². The molecule has 0 aliphatic rings. The third kappa shape index (κ3) is 2.56. The molecule has 1 amide bonds. The van der Waals surface area contributed by atoms with Gasteiger partial charge in [0.1, 0.15) is 4.88 Å². The number of aromatic nitrogens is 4. The molecule has 0 saturated carbocycles. The van der Waals surface area contributed by atoms with Crippen LogP contribution < -0.4 is 5.32 Å². The molecule has 2 rings (SSSR count). The molecule has 18 heavy (non-hydrogen) atoms. The molecule has 0 bridgehead atoms. The summed E-state index contributed by atoms with van der Waals surface area (Å²) in [6.07, 6.45) is 0.849. The van der Waals surface area contributed by atoms with Gasteiger partial charge in [0.25, 0.3) is 5.91 Å². The smallest absolute Gasteiger partial charge is 0.270 e. The molecule has 2 aromatic rings. The Morgan fingerprint density at radius 2 is 2.33 bits per heavy atom. The van der Waals surface area contributed by atoms with Gasteiger partial charge < -0.3 is 5.32 Å². The Labute approximate surface area is 109 Å². The van der Waals surface area contributed by atoms with Crippen LogP contribution >= 0.6 is 11.5 Å². The van der Waals surface area contributed by atoms with Gasteiger partial charge in [-0.05, 0) is 23.9 Å².